The second-order valence-corrected chi connectivity index (χ2v) is 7.35. The van der Waals surface area contributed by atoms with Crippen molar-refractivity contribution in [2.45, 2.75) is 26.4 Å². The van der Waals surface area contributed by atoms with Crippen molar-refractivity contribution in [3.05, 3.63) is 107 Å². The van der Waals surface area contributed by atoms with Gasteiger partial charge in [0.05, 0.1) is 11.1 Å². The van der Waals surface area contributed by atoms with E-state index in [0.717, 1.165) is 46.3 Å². The summed E-state index contributed by atoms with van der Waals surface area (Å²) in [6.07, 6.45) is 1.70. The summed E-state index contributed by atoms with van der Waals surface area (Å²) in [5.41, 5.74) is 4.96. The molecule has 3 aromatic carbocycles. The van der Waals surface area contributed by atoms with Gasteiger partial charge in [0.2, 0.25) is 0 Å². The Kier molecular flexibility index (Phi) is 5.75. The molecule has 0 saturated carbocycles. The maximum Gasteiger partial charge on any atom is 0.336 e. The van der Waals surface area contributed by atoms with Crippen molar-refractivity contribution in [2.75, 3.05) is 0 Å². The van der Waals surface area contributed by atoms with Gasteiger partial charge in [0.25, 0.3) is 0 Å². The Labute approximate surface area is 175 Å². The van der Waals surface area contributed by atoms with Crippen molar-refractivity contribution in [2.24, 2.45) is 0 Å². The number of pyridine rings is 1. The number of carboxylic acid groups (broad SMARTS) is 1. The number of aromatic carboxylic acids is 1. The van der Waals surface area contributed by atoms with Gasteiger partial charge < -0.3 is 9.84 Å². The van der Waals surface area contributed by atoms with E-state index < -0.39 is 5.97 Å². The molecule has 0 radical (unpaired) electrons. The van der Waals surface area contributed by atoms with Crippen LogP contribution in [0.1, 0.15) is 32.7 Å². The molecule has 0 atom stereocenters. The summed E-state index contributed by atoms with van der Waals surface area (Å²) >= 11 is 0. The molecule has 0 aliphatic rings. The average molecular weight is 397 g/mol. The Balaban J connectivity index is 1.43. The number of para-hydroxylation sites is 1. The fraction of sp³-hybridized carbons (Fsp3) is 0.154. The van der Waals surface area contributed by atoms with Crippen LogP contribution in [0.3, 0.4) is 0 Å². The molecular weight excluding hydrogens is 374 g/mol. The summed E-state index contributed by atoms with van der Waals surface area (Å²) in [5.74, 6) is -0.194. The van der Waals surface area contributed by atoms with Gasteiger partial charge in [-0.15, -0.1) is 0 Å². The Bertz CT molecular complexity index is 1200. The average Bonchev–Trinajstić information content (AvgIpc) is 2.76. The highest BCUT2D eigenvalue weighted by atomic mass is 16.5. The summed E-state index contributed by atoms with van der Waals surface area (Å²) in [7, 11) is 0. The predicted octanol–water partition coefficient (Wildman–Crippen LogP) is 5.61. The molecule has 0 amide bonds. The number of aromatic nitrogens is 1. The van der Waals surface area contributed by atoms with Gasteiger partial charge in [0, 0.05) is 16.6 Å². The standard InChI is InChI=1S/C26H23NO3/c1-18-6-4-9-21(25(18)26(28)29)17-30-23-10-5-7-19(16-23)12-14-22-15-13-20-8-2-3-11-24(20)27-22/h2-11,13,15-16H,12,14,17H2,1H3,(H,28,29). The minimum absolute atomic E-state index is 0.221. The molecule has 1 heterocycles. The van der Waals surface area contributed by atoms with E-state index in [1.807, 2.05) is 42.5 Å². The molecule has 4 nitrogen and oxygen atoms in total. The van der Waals surface area contributed by atoms with E-state index in [9.17, 15) is 9.90 Å². The number of carboxylic acids is 1. The van der Waals surface area contributed by atoms with E-state index in [1.54, 1.807) is 19.1 Å². The molecule has 150 valence electrons. The summed E-state index contributed by atoms with van der Waals surface area (Å²) in [5, 5.41) is 10.6. The van der Waals surface area contributed by atoms with Crippen molar-refractivity contribution in [1.82, 2.24) is 4.98 Å². The zero-order chi connectivity index (χ0) is 20.9. The highest BCUT2D eigenvalue weighted by Crippen LogP contribution is 2.20. The van der Waals surface area contributed by atoms with Crippen molar-refractivity contribution in [1.29, 1.82) is 0 Å². The largest absolute Gasteiger partial charge is 0.489 e. The first-order chi connectivity index (χ1) is 14.6. The molecule has 4 heteroatoms. The minimum atomic E-state index is -0.927. The second-order valence-electron chi connectivity index (χ2n) is 7.35. The second kappa shape index (κ2) is 8.78. The van der Waals surface area contributed by atoms with Crippen LogP contribution in [0.5, 0.6) is 5.75 Å². The molecule has 1 aromatic heterocycles. The van der Waals surface area contributed by atoms with Gasteiger partial charge in [-0.3, -0.25) is 4.98 Å². The number of hydrogen-bond acceptors (Lipinski definition) is 3. The third kappa shape index (κ3) is 4.49. The number of rotatable bonds is 7. The van der Waals surface area contributed by atoms with Crippen LogP contribution in [0.15, 0.2) is 78.9 Å². The van der Waals surface area contributed by atoms with Crippen LogP contribution in [0, 0.1) is 6.92 Å². The van der Waals surface area contributed by atoms with E-state index in [1.165, 1.54) is 0 Å². The molecule has 4 rings (SSSR count). The molecule has 30 heavy (non-hydrogen) atoms. The molecular formula is C26H23NO3. The van der Waals surface area contributed by atoms with E-state index in [0.29, 0.717) is 11.1 Å². The van der Waals surface area contributed by atoms with E-state index in [2.05, 4.69) is 24.3 Å². The zero-order valence-corrected chi connectivity index (χ0v) is 16.8. The Hall–Kier alpha value is -3.66. The van der Waals surface area contributed by atoms with Crippen molar-refractivity contribution in [3.8, 4) is 5.75 Å². The lowest BCUT2D eigenvalue weighted by molar-refractivity contribution is 0.0693. The van der Waals surface area contributed by atoms with Gasteiger partial charge in [-0.05, 0) is 55.2 Å². The van der Waals surface area contributed by atoms with E-state index in [-0.39, 0.29) is 6.61 Å². The lowest BCUT2D eigenvalue weighted by atomic mass is 10.0. The van der Waals surface area contributed by atoms with Gasteiger partial charge >= 0.3 is 5.97 Å². The maximum atomic E-state index is 11.5. The third-order valence-electron chi connectivity index (χ3n) is 5.19. The van der Waals surface area contributed by atoms with Crippen molar-refractivity contribution < 1.29 is 14.6 Å². The topological polar surface area (TPSA) is 59.4 Å². The molecule has 4 aromatic rings. The van der Waals surface area contributed by atoms with Crippen molar-refractivity contribution >= 4 is 16.9 Å². The van der Waals surface area contributed by atoms with Crippen LogP contribution in [0.2, 0.25) is 0 Å². The third-order valence-corrected chi connectivity index (χ3v) is 5.19. The SMILES string of the molecule is Cc1cccc(COc2cccc(CCc3ccc4ccccc4n3)c2)c1C(=O)O. The summed E-state index contributed by atoms with van der Waals surface area (Å²) in [6.45, 7) is 2.02. The lowest BCUT2D eigenvalue weighted by Crippen LogP contribution is -2.08. The number of nitrogens with zero attached hydrogens (tertiary/aromatic N) is 1. The number of fused-ring (bicyclic) bond motifs is 1. The highest BCUT2D eigenvalue weighted by molar-refractivity contribution is 5.91. The first kappa shape index (κ1) is 19.6. The fourth-order valence-corrected chi connectivity index (χ4v) is 3.63. The summed E-state index contributed by atoms with van der Waals surface area (Å²) in [4.78, 5) is 16.3. The van der Waals surface area contributed by atoms with Crippen molar-refractivity contribution in [3.63, 3.8) is 0 Å². The monoisotopic (exact) mass is 397 g/mol. The Morgan fingerprint density at radius 3 is 2.63 bits per heavy atom. The van der Waals surface area contributed by atoms with Crippen LogP contribution in [-0.4, -0.2) is 16.1 Å². The molecule has 0 aliphatic heterocycles. The maximum absolute atomic E-state index is 11.5. The van der Waals surface area contributed by atoms with Gasteiger partial charge in [-0.2, -0.15) is 0 Å². The van der Waals surface area contributed by atoms with Crippen LogP contribution in [-0.2, 0) is 19.4 Å². The number of carbonyl (C=O) groups is 1. The van der Waals surface area contributed by atoms with Crippen LogP contribution < -0.4 is 4.74 Å². The fourth-order valence-electron chi connectivity index (χ4n) is 3.63. The highest BCUT2D eigenvalue weighted by Gasteiger charge is 2.13. The molecule has 1 N–H and O–H groups in total. The molecule has 0 unspecified atom stereocenters. The molecule has 0 aliphatic carbocycles. The first-order valence-electron chi connectivity index (χ1n) is 9.98. The van der Waals surface area contributed by atoms with Crippen LogP contribution >= 0.6 is 0 Å². The number of aryl methyl sites for hydroxylation is 3. The van der Waals surface area contributed by atoms with Gasteiger partial charge in [-0.25, -0.2) is 4.79 Å². The summed E-state index contributed by atoms with van der Waals surface area (Å²) in [6, 6.07) is 25.7. The van der Waals surface area contributed by atoms with Gasteiger partial charge in [0.15, 0.2) is 0 Å². The smallest absolute Gasteiger partial charge is 0.336 e. The van der Waals surface area contributed by atoms with E-state index in [4.69, 9.17) is 9.72 Å². The number of hydrogen-bond donors (Lipinski definition) is 1. The van der Waals surface area contributed by atoms with Crippen LogP contribution in [0.25, 0.3) is 10.9 Å². The molecule has 0 saturated heterocycles. The molecule has 0 bridgehead atoms. The zero-order valence-electron chi connectivity index (χ0n) is 16.8. The number of benzene rings is 3. The first-order valence-corrected chi connectivity index (χ1v) is 9.98. The number of ether oxygens (including phenoxy) is 1. The quantitative estimate of drug-likeness (QED) is 0.441. The van der Waals surface area contributed by atoms with Gasteiger partial charge in [-0.1, -0.05) is 54.6 Å². The molecule has 0 fully saturated rings. The lowest BCUT2D eigenvalue weighted by Gasteiger charge is -2.12. The normalized spacial score (nSPS) is 10.8. The Morgan fingerprint density at radius 2 is 1.77 bits per heavy atom. The Morgan fingerprint density at radius 1 is 0.933 bits per heavy atom. The van der Waals surface area contributed by atoms with E-state index >= 15 is 0 Å². The minimum Gasteiger partial charge on any atom is -0.489 e. The molecule has 0 spiro atoms. The van der Waals surface area contributed by atoms with Gasteiger partial charge in [0.1, 0.15) is 12.4 Å². The summed E-state index contributed by atoms with van der Waals surface area (Å²) < 4.78 is 5.91. The van der Waals surface area contributed by atoms with Crippen LogP contribution in [0.4, 0.5) is 0 Å². The predicted molar refractivity (Wildman–Crippen MR) is 118 cm³/mol.